The van der Waals surface area contributed by atoms with Crippen LogP contribution in [-0.4, -0.2) is 34.3 Å². The van der Waals surface area contributed by atoms with Crippen LogP contribution in [0.4, 0.5) is 4.39 Å². The number of nitrogens with zero attached hydrogens (tertiary/aromatic N) is 2. The lowest BCUT2D eigenvalue weighted by Gasteiger charge is -2.16. The van der Waals surface area contributed by atoms with Crippen LogP contribution in [-0.2, 0) is 24.3 Å². The van der Waals surface area contributed by atoms with Crippen molar-refractivity contribution in [2.75, 3.05) is 13.7 Å². The number of methoxy groups -OCH3 is 1. The molecular weight excluding hydrogens is 365 g/mol. The first-order valence-corrected chi connectivity index (χ1v) is 8.64. The Bertz CT molecular complexity index is 1080. The third-order valence-electron chi connectivity index (χ3n) is 4.51. The maximum Gasteiger partial charge on any atom is 0.264 e. The molecule has 28 heavy (non-hydrogen) atoms. The van der Waals surface area contributed by atoms with Crippen LogP contribution in [0.3, 0.4) is 0 Å². The Balaban J connectivity index is 2.19. The number of primary amides is 1. The van der Waals surface area contributed by atoms with E-state index in [1.165, 1.54) is 23.8 Å². The zero-order chi connectivity index (χ0) is 20.3. The van der Waals surface area contributed by atoms with Gasteiger partial charge in [-0.1, -0.05) is 12.1 Å². The molecule has 1 aromatic carbocycles. The summed E-state index contributed by atoms with van der Waals surface area (Å²) in [6.45, 7) is -0.104. The minimum atomic E-state index is -0.917. The zero-order valence-electron chi connectivity index (χ0n) is 15.3. The molecule has 0 aliphatic carbocycles. The van der Waals surface area contributed by atoms with Crippen LogP contribution >= 0.6 is 0 Å². The molecule has 3 rings (SSSR count). The highest BCUT2D eigenvalue weighted by Gasteiger charge is 2.21. The number of ether oxygens (including phenoxy) is 1. The van der Waals surface area contributed by atoms with Gasteiger partial charge in [0.1, 0.15) is 11.4 Å². The highest BCUT2D eigenvalue weighted by Crippen LogP contribution is 2.21. The number of benzene rings is 1. The number of aromatic nitrogens is 2. The van der Waals surface area contributed by atoms with Crippen molar-refractivity contribution in [2.45, 2.75) is 19.6 Å². The number of carbonyl (C=O) groups is 1. The minimum absolute atomic E-state index is 0.106. The Morgan fingerprint density at radius 1 is 1.29 bits per heavy atom. The van der Waals surface area contributed by atoms with Crippen molar-refractivity contribution in [3.63, 3.8) is 0 Å². The fourth-order valence-electron chi connectivity index (χ4n) is 3.17. The first-order chi connectivity index (χ1) is 13.5. The van der Waals surface area contributed by atoms with Crippen molar-refractivity contribution < 1.29 is 19.0 Å². The number of pyridine rings is 2. The van der Waals surface area contributed by atoms with Crippen molar-refractivity contribution in [2.24, 2.45) is 5.73 Å². The normalized spacial score (nSPS) is 11.1. The summed E-state index contributed by atoms with van der Waals surface area (Å²) < 4.78 is 19.5. The molecule has 0 aliphatic rings. The van der Waals surface area contributed by atoms with Crippen LogP contribution in [0.5, 0.6) is 0 Å². The van der Waals surface area contributed by atoms with Crippen LogP contribution in [0.2, 0.25) is 0 Å². The van der Waals surface area contributed by atoms with E-state index in [9.17, 15) is 19.1 Å². The van der Waals surface area contributed by atoms with E-state index in [2.05, 4.69) is 4.98 Å². The largest absolute Gasteiger partial charge is 0.392 e. The molecule has 0 saturated heterocycles. The van der Waals surface area contributed by atoms with E-state index in [0.29, 0.717) is 17.5 Å². The topological polar surface area (TPSA) is 107 Å². The van der Waals surface area contributed by atoms with Gasteiger partial charge in [-0.3, -0.25) is 14.6 Å². The Morgan fingerprint density at radius 3 is 2.61 bits per heavy atom. The summed E-state index contributed by atoms with van der Waals surface area (Å²) in [5, 5.41) is 9.73. The smallest absolute Gasteiger partial charge is 0.264 e. The molecule has 146 valence electrons. The van der Waals surface area contributed by atoms with Gasteiger partial charge in [0.05, 0.1) is 24.2 Å². The average Bonchev–Trinajstić information content (AvgIpc) is 2.68. The Hall–Kier alpha value is -3.10. The Labute approximate surface area is 160 Å². The highest BCUT2D eigenvalue weighted by molar-refractivity contribution is 5.98. The summed E-state index contributed by atoms with van der Waals surface area (Å²) in [5.74, 6) is -1.24. The van der Waals surface area contributed by atoms with Gasteiger partial charge in [-0.25, -0.2) is 4.39 Å². The van der Waals surface area contributed by atoms with Crippen LogP contribution in [0.25, 0.3) is 11.0 Å². The van der Waals surface area contributed by atoms with Gasteiger partial charge in [0.15, 0.2) is 0 Å². The Kier molecular flexibility index (Phi) is 5.81. The van der Waals surface area contributed by atoms with Crippen molar-refractivity contribution in [3.8, 4) is 0 Å². The van der Waals surface area contributed by atoms with Crippen LogP contribution in [0.15, 0.2) is 41.3 Å². The van der Waals surface area contributed by atoms with E-state index in [4.69, 9.17) is 10.5 Å². The van der Waals surface area contributed by atoms with Crippen molar-refractivity contribution in [3.05, 3.63) is 75.0 Å². The summed E-state index contributed by atoms with van der Waals surface area (Å²) in [6, 6.07) is 7.87. The molecule has 0 fully saturated rings. The standard InChI is InChI=1S/C20H20FN3O4/c1-28-7-6-24-16-9-13(8-12-2-4-14(21)5-3-12)10-23-18(16)15(11-25)17(19(22)26)20(24)27/h2-5,9-10,25H,6-8,11H2,1H3,(H2,22,26). The average molecular weight is 385 g/mol. The molecule has 0 saturated carbocycles. The molecule has 0 atom stereocenters. The maximum absolute atomic E-state index is 13.1. The van der Waals surface area contributed by atoms with Crippen molar-refractivity contribution in [1.29, 1.82) is 0 Å². The fourth-order valence-corrected chi connectivity index (χ4v) is 3.17. The van der Waals surface area contributed by atoms with Gasteiger partial charge in [0, 0.05) is 25.4 Å². The lowest BCUT2D eigenvalue weighted by atomic mass is 10.0. The van der Waals surface area contributed by atoms with Crippen LogP contribution < -0.4 is 11.3 Å². The highest BCUT2D eigenvalue weighted by atomic mass is 19.1. The van der Waals surface area contributed by atoms with E-state index in [0.717, 1.165) is 11.1 Å². The van der Waals surface area contributed by atoms with Gasteiger partial charge in [-0.2, -0.15) is 0 Å². The molecule has 2 aromatic heterocycles. The molecule has 3 N–H and O–H groups in total. The van der Waals surface area contributed by atoms with Gasteiger partial charge >= 0.3 is 0 Å². The first kappa shape index (κ1) is 19.7. The molecule has 0 bridgehead atoms. The lowest BCUT2D eigenvalue weighted by molar-refractivity contribution is 0.0995. The zero-order valence-corrected chi connectivity index (χ0v) is 15.3. The molecule has 0 radical (unpaired) electrons. The summed E-state index contributed by atoms with van der Waals surface area (Å²) in [6.07, 6.45) is 2.08. The third-order valence-corrected chi connectivity index (χ3v) is 4.51. The summed E-state index contributed by atoms with van der Waals surface area (Å²) >= 11 is 0. The Morgan fingerprint density at radius 2 is 2.00 bits per heavy atom. The van der Waals surface area contributed by atoms with Gasteiger partial charge in [-0.05, 0) is 35.7 Å². The molecule has 1 amide bonds. The number of aliphatic hydroxyl groups is 1. The predicted molar refractivity (Wildman–Crippen MR) is 102 cm³/mol. The second-order valence-corrected chi connectivity index (χ2v) is 6.34. The molecule has 0 aliphatic heterocycles. The molecule has 2 heterocycles. The van der Waals surface area contributed by atoms with Gasteiger partial charge in [0.2, 0.25) is 0 Å². The quantitative estimate of drug-likeness (QED) is 0.639. The fraction of sp³-hybridized carbons (Fsp3) is 0.250. The molecule has 3 aromatic rings. The van der Waals surface area contributed by atoms with Crippen molar-refractivity contribution in [1.82, 2.24) is 9.55 Å². The minimum Gasteiger partial charge on any atom is -0.392 e. The molecular formula is C20H20FN3O4. The number of carbonyl (C=O) groups excluding carboxylic acids is 1. The molecule has 0 spiro atoms. The third kappa shape index (κ3) is 3.78. The predicted octanol–water partition coefficient (Wildman–Crippen LogP) is 1.36. The number of rotatable bonds is 7. The number of amides is 1. The SMILES string of the molecule is COCCn1c(=O)c(C(N)=O)c(CO)c2ncc(Cc3ccc(F)cc3)cc21. The lowest BCUT2D eigenvalue weighted by Crippen LogP contribution is -2.33. The molecule has 7 nitrogen and oxygen atoms in total. The van der Waals surface area contributed by atoms with Crippen molar-refractivity contribution >= 4 is 16.9 Å². The number of nitrogens with two attached hydrogens (primary N) is 1. The monoisotopic (exact) mass is 385 g/mol. The second kappa shape index (κ2) is 8.28. The van der Waals surface area contributed by atoms with Crippen LogP contribution in [0, 0.1) is 5.82 Å². The van der Waals surface area contributed by atoms with Gasteiger partial charge in [0.25, 0.3) is 11.5 Å². The maximum atomic E-state index is 13.1. The van der Waals surface area contributed by atoms with Gasteiger partial charge < -0.3 is 20.1 Å². The van der Waals surface area contributed by atoms with Crippen LogP contribution in [0.1, 0.15) is 27.0 Å². The van der Waals surface area contributed by atoms with E-state index >= 15 is 0 Å². The summed E-state index contributed by atoms with van der Waals surface area (Å²) in [5.41, 5.74) is 7.08. The van der Waals surface area contributed by atoms with E-state index < -0.39 is 18.1 Å². The number of aliphatic hydroxyl groups excluding tert-OH is 1. The first-order valence-electron chi connectivity index (χ1n) is 8.64. The summed E-state index contributed by atoms with van der Waals surface area (Å²) in [4.78, 5) is 29.0. The van der Waals surface area contributed by atoms with Gasteiger partial charge in [-0.15, -0.1) is 0 Å². The van der Waals surface area contributed by atoms with E-state index in [-0.39, 0.29) is 30.1 Å². The van der Waals surface area contributed by atoms with E-state index in [1.807, 2.05) is 0 Å². The number of hydrogen-bond donors (Lipinski definition) is 2. The summed E-state index contributed by atoms with van der Waals surface area (Å²) in [7, 11) is 1.50. The molecule has 0 unspecified atom stereocenters. The number of hydrogen-bond acceptors (Lipinski definition) is 5. The van der Waals surface area contributed by atoms with E-state index in [1.54, 1.807) is 24.4 Å². The second-order valence-electron chi connectivity index (χ2n) is 6.34. The number of fused-ring (bicyclic) bond motifs is 1. The molecule has 8 heteroatoms. The number of halogens is 1.